The number of aromatic nitrogens is 2. The highest BCUT2D eigenvalue weighted by Gasteiger charge is 2.32. The second-order valence-corrected chi connectivity index (χ2v) is 8.41. The van der Waals surface area contributed by atoms with Crippen LogP contribution in [0.15, 0.2) is 79.0 Å². The predicted octanol–water partition coefficient (Wildman–Crippen LogP) is 4.48. The molecule has 2 amide bonds. The first kappa shape index (κ1) is 23.0. The van der Waals surface area contributed by atoms with E-state index in [1.54, 1.807) is 41.0 Å². The molecule has 2 heterocycles. The van der Waals surface area contributed by atoms with Crippen LogP contribution in [0.2, 0.25) is 0 Å². The number of hydrogen-bond donors (Lipinski definition) is 1. The van der Waals surface area contributed by atoms with Crippen LogP contribution in [0.25, 0.3) is 11.1 Å². The largest absolute Gasteiger partial charge is 0.380 e. The van der Waals surface area contributed by atoms with Gasteiger partial charge in [-0.05, 0) is 47.0 Å². The van der Waals surface area contributed by atoms with Crippen molar-refractivity contribution in [2.45, 2.75) is 13.2 Å². The molecule has 3 aromatic carbocycles. The number of hydrogen-bond acceptors (Lipinski definition) is 5. The summed E-state index contributed by atoms with van der Waals surface area (Å²) in [5, 5.41) is 16.1. The predicted molar refractivity (Wildman–Crippen MR) is 136 cm³/mol. The number of nitrogens with one attached hydrogen (secondary N) is 1. The fourth-order valence-electron chi connectivity index (χ4n) is 4.28. The number of amides is 2. The van der Waals surface area contributed by atoms with E-state index in [-0.39, 0.29) is 17.2 Å². The molecule has 0 saturated carbocycles. The summed E-state index contributed by atoms with van der Waals surface area (Å²) < 4.78 is 6.73. The second kappa shape index (κ2) is 9.86. The van der Waals surface area contributed by atoms with Crippen LogP contribution >= 0.6 is 0 Å². The van der Waals surface area contributed by atoms with Gasteiger partial charge in [-0.2, -0.15) is 10.4 Å². The SMILES string of the molecule is COCc1ccc(-c2ccc(N3CCn4ncc(C(=O)Nc5cccc(C#N)c5)c4C3=O)cc2)cc1. The molecule has 36 heavy (non-hydrogen) atoms. The number of rotatable bonds is 6. The van der Waals surface area contributed by atoms with Crippen LogP contribution in [0.3, 0.4) is 0 Å². The minimum Gasteiger partial charge on any atom is -0.380 e. The molecule has 0 fully saturated rings. The number of carbonyl (C=O) groups excluding carboxylic acids is 2. The Labute approximate surface area is 208 Å². The van der Waals surface area contributed by atoms with E-state index in [0.717, 1.165) is 22.4 Å². The van der Waals surface area contributed by atoms with Gasteiger partial charge in [-0.1, -0.05) is 42.5 Å². The van der Waals surface area contributed by atoms with E-state index in [0.29, 0.717) is 30.9 Å². The first-order valence-corrected chi connectivity index (χ1v) is 11.4. The Bertz CT molecular complexity index is 1470. The van der Waals surface area contributed by atoms with Crippen LogP contribution in [0.1, 0.15) is 32.0 Å². The summed E-state index contributed by atoms with van der Waals surface area (Å²) in [6.45, 7) is 1.49. The zero-order valence-electron chi connectivity index (χ0n) is 19.6. The van der Waals surface area contributed by atoms with Gasteiger partial charge in [-0.3, -0.25) is 14.3 Å². The van der Waals surface area contributed by atoms with E-state index in [2.05, 4.69) is 10.4 Å². The van der Waals surface area contributed by atoms with Gasteiger partial charge in [0.15, 0.2) is 0 Å². The van der Waals surface area contributed by atoms with E-state index in [1.165, 1.54) is 6.20 Å². The third kappa shape index (κ3) is 4.48. The third-order valence-electron chi connectivity index (χ3n) is 6.09. The first-order chi connectivity index (χ1) is 17.6. The van der Waals surface area contributed by atoms with Crippen molar-refractivity contribution in [3.05, 3.63) is 101 Å². The number of carbonyl (C=O) groups is 2. The lowest BCUT2D eigenvalue weighted by Gasteiger charge is -2.28. The smallest absolute Gasteiger partial charge is 0.277 e. The average molecular weight is 478 g/mol. The molecule has 1 N–H and O–H groups in total. The zero-order valence-corrected chi connectivity index (χ0v) is 19.6. The molecule has 0 spiro atoms. The summed E-state index contributed by atoms with van der Waals surface area (Å²) >= 11 is 0. The summed E-state index contributed by atoms with van der Waals surface area (Å²) in [7, 11) is 1.67. The topological polar surface area (TPSA) is 100 Å². The molecule has 8 heteroatoms. The monoisotopic (exact) mass is 477 g/mol. The Balaban J connectivity index is 1.35. The number of nitrogens with zero attached hydrogens (tertiary/aromatic N) is 4. The molecule has 0 bridgehead atoms. The molecule has 0 saturated heterocycles. The Kier molecular flexibility index (Phi) is 6.31. The highest BCUT2D eigenvalue weighted by Crippen LogP contribution is 2.27. The maximum atomic E-state index is 13.4. The first-order valence-electron chi connectivity index (χ1n) is 11.4. The van der Waals surface area contributed by atoms with Crippen molar-refractivity contribution in [2.24, 2.45) is 0 Å². The molecule has 8 nitrogen and oxygen atoms in total. The van der Waals surface area contributed by atoms with Crippen LogP contribution in [0, 0.1) is 11.3 Å². The van der Waals surface area contributed by atoms with Crippen molar-refractivity contribution in [1.82, 2.24) is 9.78 Å². The van der Waals surface area contributed by atoms with Crippen molar-refractivity contribution in [2.75, 3.05) is 23.9 Å². The van der Waals surface area contributed by atoms with Crippen LogP contribution in [0.4, 0.5) is 11.4 Å². The van der Waals surface area contributed by atoms with Gasteiger partial charge in [0, 0.05) is 25.0 Å². The van der Waals surface area contributed by atoms with Gasteiger partial charge in [0.05, 0.1) is 36.5 Å². The van der Waals surface area contributed by atoms with Gasteiger partial charge < -0.3 is 15.0 Å². The Morgan fingerprint density at radius 2 is 1.78 bits per heavy atom. The van der Waals surface area contributed by atoms with Crippen molar-refractivity contribution in [1.29, 1.82) is 5.26 Å². The van der Waals surface area contributed by atoms with Crippen molar-refractivity contribution >= 4 is 23.2 Å². The van der Waals surface area contributed by atoms with E-state index < -0.39 is 5.91 Å². The molecule has 178 valence electrons. The van der Waals surface area contributed by atoms with Crippen LogP contribution < -0.4 is 10.2 Å². The number of nitriles is 1. The van der Waals surface area contributed by atoms with Gasteiger partial charge in [-0.15, -0.1) is 0 Å². The van der Waals surface area contributed by atoms with E-state index in [4.69, 9.17) is 10.00 Å². The van der Waals surface area contributed by atoms with Gasteiger partial charge in [0.2, 0.25) is 0 Å². The summed E-state index contributed by atoms with van der Waals surface area (Å²) in [5.74, 6) is -0.736. The lowest BCUT2D eigenvalue weighted by Crippen LogP contribution is -2.41. The van der Waals surface area contributed by atoms with Crippen molar-refractivity contribution in [3.8, 4) is 17.2 Å². The number of anilines is 2. The van der Waals surface area contributed by atoms with Gasteiger partial charge >= 0.3 is 0 Å². The zero-order chi connectivity index (χ0) is 25.1. The fourth-order valence-corrected chi connectivity index (χ4v) is 4.28. The van der Waals surface area contributed by atoms with Gasteiger partial charge in [-0.25, -0.2) is 0 Å². The lowest BCUT2D eigenvalue weighted by atomic mass is 10.0. The molecule has 0 unspecified atom stereocenters. The van der Waals surface area contributed by atoms with Crippen LogP contribution in [0.5, 0.6) is 0 Å². The van der Waals surface area contributed by atoms with Crippen LogP contribution in [-0.2, 0) is 17.9 Å². The molecule has 1 aliphatic rings. The molecule has 0 radical (unpaired) electrons. The summed E-state index contributed by atoms with van der Waals surface area (Å²) in [4.78, 5) is 28.1. The molecular weight excluding hydrogens is 454 g/mol. The number of fused-ring (bicyclic) bond motifs is 1. The Hall–Kier alpha value is -4.74. The minimum absolute atomic E-state index is 0.194. The second-order valence-electron chi connectivity index (χ2n) is 8.41. The molecule has 5 rings (SSSR count). The standard InChI is InChI=1S/C28H23N5O3/c1-36-18-19-5-7-21(8-6-19)22-9-11-24(12-10-22)32-13-14-33-26(28(32)35)25(17-30-33)27(34)31-23-4-2-3-20(15-23)16-29/h2-12,15,17H,13-14,18H2,1H3,(H,31,34). The highest BCUT2D eigenvalue weighted by molar-refractivity contribution is 6.15. The molecule has 1 aliphatic heterocycles. The number of ether oxygens (including phenoxy) is 1. The highest BCUT2D eigenvalue weighted by atomic mass is 16.5. The number of benzene rings is 3. The van der Waals surface area contributed by atoms with Crippen molar-refractivity contribution < 1.29 is 14.3 Å². The van der Waals surface area contributed by atoms with Gasteiger partial charge in [0.1, 0.15) is 5.69 Å². The quantitative estimate of drug-likeness (QED) is 0.441. The van der Waals surface area contributed by atoms with Crippen molar-refractivity contribution in [3.63, 3.8) is 0 Å². The molecule has 0 atom stereocenters. The molecule has 0 aliphatic carbocycles. The number of methoxy groups -OCH3 is 1. The lowest BCUT2D eigenvalue weighted by molar-refractivity contribution is 0.0947. The summed E-state index contributed by atoms with van der Waals surface area (Å²) in [5.41, 5.74) is 5.31. The Morgan fingerprint density at radius 3 is 2.47 bits per heavy atom. The normalized spacial score (nSPS) is 12.7. The minimum atomic E-state index is -0.450. The third-order valence-corrected chi connectivity index (χ3v) is 6.09. The van der Waals surface area contributed by atoms with Gasteiger partial charge in [0.25, 0.3) is 11.8 Å². The summed E-state index contributed by atoms with van der Waals surface area (Å²) in [6, 6.07) is 24.6. The molecular formula is C28H23N5O3. The van der Waals surface area contributed by atoms with E-state index in [9.17, 15) is 9.59 Å². The average Bonchev–Trinajstić information content (AvgIpc) is 3.35. The summed E-state index contributed by atoms with van der Waals surface area (Å²) in [6.07, 6.45) is 1.41. The Morgan fingerprint density at radius 1 is 1.06 bits per heavy atom. The van der Waals surface area contributed by atoms with E-state index >= 15 is 0 Å². The fraction of sp³-hybridized carbons (Fsp3) is 0.143. The molecule has 1 aromatic heterocycles. The van der Waals surface area contributed by atoms with Crippen LogP contribution in [-0.4, -0.2) is 35.2 Å². The molecule has 4 aromatic rings. The maximum absolute atomic E-state index is 13.4. The maximum Gasteiger partial charge on any atom is 0.277 e. The van der Waals surface area contributed by atoms with E-state index in [1.807, 2.05) is 54.6 Å².